The number of hydrogen-bond donors (Lipinski definition) is 3. The molecular formula is C16H20ClN8NaO4S3. The molecule has 4 rings (SSSR count). The molecule has 33 heavy (non-hydrogen) atoms. The molecule has 2 fully saturated rings. The van der Waals surface area contributed by atoms with Crippen LogP contribution in [0.3, 0.4) is 0 Å². The van der Waals surface area contributed by atoms with Crippen LogP contribution in [0.2, 0.25) is 0 Å². The number of fused-ring (bicyclic) bond motifs is 1. The number of carboxylic acid groups (broad SMARTS) is 1. The van der Waals surface area contributed by atoms with Crippen LogP contribution in [0.15, 0.2) is 21.4 Å². The fourth-order valence-corrected chi connectivity index (χ4v) is 6.86. The number of aliphatic carboxylic acids is 1. The number of nitrogen functional groups attached to an aromatic ring is 1. The molecule has 3 atom stereocenters. The number of nitrogens with two attached hydrogens (primary N) is 1. The van der Waals surface area contributed by atoms with Crippen LogP contribution in [-0.4, -0.2) is 85.4 Å². The predicted molar refractivity (Wildman–Crippen MR) is 123 cm³/mol. The molecule has 1 aromatic rings. The van der Waals surface area contributed by atoms with Gasteiger partial charge >= 0.3 is 35.5 Å². The molecule has 4 N–H and O–H groups in total. The molecule has 17 heteroatoms. The van der Waals surface area contributed by atoms with Crippen LogP contribution < -0.4 is 40.6 Å². The minimum Gasteiger partial charge on any atom is -1.00 e. The number of carboxylic acids is 1. The van der Waals surface area contributed by atoms with E-state index in [9.17, 15) is 19.5 Å². The molecule has 12 nitrogen and oxygen atoms in total. The molecule has 0 radical (unpaired) electrons. The number of amides is 2. The van der Waals surface area contributed by atoms with Crippen LogP contribution in [0.5, 0.6) is 0 Å². The number of anilines is 1. The van der Waals surface area contributed by atoms with Crippen LogP contribution in [0.4, 0.5) is 5.13 Å². The second kappa shape index (κ2) is 10.6. The Bertz CT molecular complexity index is 1020. The van der Waals surface area contributed by atoms with Gasteiger partial charge in [0.05, 0.1) is 11.3 Å². The molecular weight excluding hydrogens is 523 g/mol. The topological polar surface area (TPSA) is 157 Å². The summed E-state index contributed by atoms with van der Waals surface area (Å²) in [5.41, 5.74) is 6.01. The van der Waals surface area contributed by atoms with Gasteiger partial charge in [0.2, 0.25) is 5.91 Å². The van der Waals surface area contributed by atoms with E-state index >= 15 is 0 Å². The van der Waals surface area contributed by atoms with Crippen molar-refractivity contribution in [3.8, 4) is 0 Å². The molecule has 4 heterocycles. The van der Waals surface area contributed by atoms with Gasteiger partial charge in [0.1, 0.15) is 23.5 Å². The number of halogens is 1. The third-order valence-electron chi connectivity index (χ3n) is 5.14. The number of β-lactam (4-membered cyclic amide) rings is 1. The molecule has 2 unspecified atom stereocenters. The fraction of sp³-hybridized carbons (Fsp3) is 0.500. The van der Waals surface area contributed by atoms with Crippen LogP contribution in [0.1, 0.15) is 7.12 Å². The number of rotatable bonds is 7. The third-order valence-corrected chi connectivity index (χ3v) is 8.79. The SMILES string of the molecule is CN1CN(SCC2(C(=O)O)CS[C@@H]3C(NC(=O)C(=CCl)c4csc(N)n4)C(=O)N3C2)N=N1.[H-].[Na+]. The van der Waals surface area contributed by atoms with Gasteiger partial charge in [-0.1, -0.05) is 16.8 Å². The Hall–Kier alpha value is -1.23. The average Bonchev–Trinajstić information content (AvgIpc) is 3.38. The van der Waals surface area contributed by atoms with E-state index in [1.54, 1.807) is 21.9 Å². The number of nitrogens with zero attached hydrogens (tertiary/aromatic N) is 6. The Morgan fingerprint density at radius 2 is 2.27 bits per heavy atom. The number of carbonyl (C=O) groups is 3. The average molecular weight is 543 g/mol. The van der Waals surface area contributed by atoms with Gasteiger partial charge in [-0.15, -0.1) is 23.1 Å². The summed E-state index contributed by atoms with van der Waals surface area (Å²) in [6, 6.07) is -0.768. The monoisotopic (exact) mass is 542 g/mol. The maximum atomic E-state index is 12.8. The first kappa shape index (κ1) is 26.4. The molecule has 0 aliphatic carbocycles. The number of thiazole rings is 1. The number of hydrogen-bond acceptors (Lipinski definition) is 12. The van der Waals surface area contributed by atoms with E-state index in [1.165, 1.54) is 39.9 Å². The Balaban J connectivity index is 0.00000204. The van der Waals surface area contributed by atoms with Crippen LogP contribution in [0.25, 0.3) is 5.57 Å². The summed E-state index contributed by atoms with van der Waals surface area (Å²) in [4.78, 5) is 43.1. The van der Waals surface area contributed by atoms with Crippen LogP contribution in [-0.2, 0) is 14.4 Å². The van der Waals surface area contributed by atoms with E-state index < -0.39 is 23.3 Å². The Kier molecular flexibility index (Phi) is 8.46. The van der Waals surface area contributed by atoms with Gasteiger partial charge in [0.25, 0.3) is 5.91 Å². The molecule has 3 aliphatic rings. The second-order valence-corrected chi connectivity index (χ2v) is 10.6. The zero-order valence-corrected chi connectivity index (χ0v) is 22.9. The van der Waals surface area contributed by atoms with Crippen molar-refractivity contribution in [2.75, 3.05) is 37.5 Å². The van der Waals surface area contributed by atoms with E-state index in [0.717, 1.165) is 5.54 Å². The number of thioether (sulfide) groups is 1. The van der Waals surface area contributed by atoms with Gasteiger partial charge in [-0.05, 0) is 17.2 Å². The Morgan fingerprint density at radius 1 is 1.52 bits per heavy atom. The third kappa shape index (κ3) is 5.23. The first-order chi connectivity index (χ1) is 15.2. The minimum absolute atomic E-state index is 0. The standard InChI is InChI=1S/C16H19ClN8O4S3.Na.H/c1-23-7-25(22-21-23)32-6-16(14(28)29)4-24-12(27)10(13(24)31-5-16)20-11(26)8(2-17)9-3-30-15(18)19-9;;/h2-3,10,13H,4-7H2,1H3,(H2,18,19)(H,20,26)(H,28,29);;/q;+1;-1/t10?,13-,16?;;/m1../s1. The van der Waals surface area contributed by atoms with Crippen molar-refractivity contribution >= 4 is 75.1 Å². The molecule has 2 saturated heterocycles. The van der Waals surface area contributed by atoms with E-state index in [1.807, 2.05) is 0 Å². The molecule has 0 bridgehead atoms. The minimum atomic E-state index is -1.13. The Labute approximate surface area is 230 Å². The summed E-state index contributed by atoms with van der Waals surface area (Å²) in [5, 5.41) is 23.6. The zero-order valence-electron chi connectivity index (χ0n) is 18.7. The van der Waals surface area contributed by atoms with Crippen molar-refractivity contribution in [1.29, 1.82) is 0 Å². The molecule has 3 aliphatic heterocycles. The molecule has 0 aromatic carbocycles. The van der Waals surface area contributed by atoms with Gasteiger partial charge in [0.15, 0.2) is 5.13 Å². The van der Waals surface area contributed by atoms with Gasteiger partial charge in [-0.25, -0.2) is 4.98 Å². The van der Waals surface area contributed by atoms with E-state index in [2.05, 4.69) is 20.7 Å². The fourth-order valence-electron chi connectivity index (χ4n) is 3.37. The predicted octanol–water partition coefficient (Wildman–Crippen LogP) is -1.97. The van der Waals surface area contributed by atoms with Crippen molar-refractivity contribution in [3.05, 3.63) is 16.6 Å². The summed E-state index contributed by atoms with van der Waals surface area (Å²) >= 11 is 9.57. The summed E-state index contributed by atoms with van der Waals surface area (Å²) in [7, 11) is 1.76. The number of nitrogens with one attached hydrogen (secondary N) is 1. The maximum absolute atomic E-state index is 12.8. The second-order valence-electron chi connectivity index (χ2n) is 7.40. The van der Waals surface area contributed by atoms with Gasteiger partial charge < -0.3 is 22.5 Å². The van der Waals surface area contributed by atoms with Crippen molar-refractivity contribution in [1.82, 2.24) is 24.6 Å². The number of carbonyl (C=O) groups excluding carboxylic acids is 2. The van der Waals surface area contributed by atoms with Crippen molar-refractivity contribution < 1.29 is 50.5 Å². The smallest absolute Gasteiger partial charge is 1.00 e. The van der Waals surface area contributed by atoms with Crippen LogP contribution in [0, 0.1) is 5.41 Å². The maximum Gasteiger partial charge on any atom is 1.00 e. The van der Waals surface area contributed by atoms with E-state index in [4.69, 9.17) is 17.3 Å². The largest absolute Gasteiger partial charge is 1.00 e. The van der Waals surface area contributed by atoms with Gasteiger partial charge in [-0.2, -0.15) is 4.41 Å². The van der Waals surface area contributed by atoms with Crippen LogP contribution >= 0.6 is 46.6 Å². The quantitative estimate of drug-likeness (QED) is 0.153. The molecule has 0 spiro atoms. The summed E-state index contributed by atoms with van der Waals surface area (Å²) in [6.07, 6.45) is 0. The van der Waals surface area contributed by atoms with Crippen molar-refractivity contribution in [2.24, 2.45) is 15.9 Å². The first-order valence-corrected chi connectivity index (χ1v) is 12.6. The van der Waals surface area contributed by atoms with Crippen molar-refractivity contribution in [3.63, 3.8) is 0 Å². The van der Waals surface area contributed by atoms with Gasteiger partial charge in [0, 0.05) is 36.0 Å². The van der Waals surface area contributed by atoms with Gasteiger partial charge in [-0.3, -0.25) is 19.4 Å². The molecule has 0 saturated carbocycles. The molecule has 1 aromatic heterocycles. The Morgan fingerprint density at radius 3 is 2.85 bits per heavy atom. The molecule has 174 valence electrons. The summed E-state index contributed by atoms with van der Waals surface area (Å²) in [5.74, 6) is -1.33. The molecule has 2 amide bonds. The normalized spacial score (nSPS) is 26.5. The van der Waals surface area contributed by atoms with E-state index in [-0.39, 0.29) is 65.9 Å². The van der Waals surface area contributed by atoms with E-state index in [0.29, 0.717) is 17.5 Å². The number of aromatic nitrogens is 1. The van der Waals surface area contributed by atoms with Crippen molar-refractivity contribution in [2.45, 2.75) is 11.4 Å². The summed E-state index contributed by atoms with van der Waals surface area (Å²) in [6.45, 7) is 0.508. The zero-order chi connectivity index (χ0) is 23.0. The summed E-state index contributed by atoms with van der Waals surface area (Å²) < 4.78 is 1.60. The first-order valence-electron chi connectivity index (χ1n) is 9.25.